The Balaban J connectivity index is 2.16. The summed E-state index contributed by atoms with van der Waals surface area (Å²) in [5, 5.41) is 3.04. The van der Waals surface area contributed by atoms with E-state index in [2.05, 4.69) is 27.3 Å². The second-order valence-corrected chi connectivity index (χ2v) is 6.80. The van der Waals surface area contributed by atoms with E-state index < -0.39 is 11.7 Å². The minimum absolute atomic E-state index is 0.0538. The zero-order chi connectivity index (χ0) is 14.9. The average Bonchev–Trinajstić information content (AvgIpc) is 2.65. The zero-order valence-corrected chi connectivity index (χ0v) is 13.3. The summed E-state index contributed by atoms with van der Waals surface area (Å²) in [6.07, 6.45) is -4.36. The molecule has 0 aliphatic rings. The summed E-state index contributed by atoms with van der Waals surface area (Å²) < 4.78 is 38.5. The van der Waals surface area contributed by atoms with Crippen LogP contribution in [0.15, 0.2) is 28.7 Å². The van der Waals surface area contributed by atoms with Crippen LogP contribution in [0, 0.1) is 13.8 Å². The third-order valence-electron chi connectivity index (χ3n) is 2.90. The van der Waals surface area contributed by atoms with Crippen molar-refractivity contribution in [3.05, 3.63) is 49.6 Å². The van der Waals surface area contributed by atoms with Crippen LogP contribution in [0.1, 0.15) is 20.9 Å². The summed E-state index contributed by atoms with van der Waals surface area (Å²) in [5.74, 6) is 0. The fourth-order valence-electron chi connectivity index (χ4n) is 1.91. The lowest BCUT2D eigenvalue weighted by Crippen LogP contribution is -2.07. The maximum atomic E-state index is 12.8. The predicted octanol–water partition coefficient (Wildman–Crippen LogP) is 5.76. The third-order valence-corrected chi connectivity index (χ3v) is 4.60. The molecule has 108 valence electrons. The molecule has 0 spiro atoms. The van der Waals surface area contributed by atoms with Gasteiger partial charge in [0.2, 0.25) is 0 Å². The van der Waals surface area contributed by atoms with Crippen LogP contribution in [-0.4, -0.2) is 0 Å². The maximum absolute atomic E-state index is 12.8. The van der Waals surface area contributed by atoms with Gasteiger partial charge in [0.05, 0.1) is 5.56 Å². The molecule has 2 rings (SSSR count). The number of thiophene rings is 1. The van der Waals surface area contributed by atoms with E-state index in [0.717, 1.165) is 11.6 Å². The van der Waals surface area contributed by atoms with Gasteiger partial charge in [-0.2, -0.15) is 13.2 Å². The highest BCUT2D eigenvalue weighted by molar-refractivity contribution is 9.10. The van der Waals surface area contributed by atoms with E-state index in [1.807, 2.05) is 13.8 Å². The third kappa shape index (κ3) is 3.55. The number of anilines is 1. The number of halogens is 4. The minimum atomic E-state index is -4.36. The summed E-state index contributed by atoms with van der Waals surface area (Å²) in [6.45, 7) is 4.55. The summed E-state index contributed by atoms with van der Waals surface area (Å²) >= 11 is 4.62. The Morgan fingerprint density at radius 2 is 1.90 bits per heavy atom. The van der Waals surface area contributed by atoms with E-state index in [1.54, 1.807) is 17.4 Å². The van der Waals surface area contributed by atoms with Crippen LogP contribution in [0.3, 0.4) is 0 Å². The molecule has 0 unspecified atom stereocenters. The molecular weight excluding hydrogens is 351 g/mol. The first-order chi connectivity index (χ1) is 9.27. The van der Waals surface area contributed by atoms with Gasteiger partial charge in [-0.15, -0.1) is 11.3 Å². The Bertz CT molecular complexity index is 619. The summed E-state index contributed by atoms with van der Waals surface area (Å²) in [6, 6.07) is 6.22. The van der Waals surface area contributed by atoms with Crippen LogP contribution in [0.4, 0.5) is 18.9 Å². The van der Waals surface area contributed by atoms with Gasteiger partial charge in [0.1, 0.15) is 0 Å². The SMILES string of the molecule is Cc1cc(CNc2ccc(Br)c(C(F)(F)F)c2)c(C)s1. The lowest BCUT2D eigenvalue weighted by Gasteiger charge is -2.12. The van der Waals surface area contributed by atoms with Gasteiger partial charge in [0.15, 0.2) is 0 Å². The fraction of sp³-hybridized carbons (Fsp3) is 0.286. The van der Waals surface area contributed by atoms with Crippen molar-refractivity contribution in [1.29, 1.82) is 0 Å². The van der Waals surface area contributed by atoms with Crippen LogP contribution >= 0.6 is 27.3 Å². The average molecular weight is 364 g/mol. The zero-order valence-electron chi connectivity index (χ0n) is 10.9. The van der Waals surface area contributed by atoms with Gasteiger partial charge in [-0.3, -0.25) is 0 Å². The maximum Gasteiger partial charge on any atom is 0.417 e. The number of alkyl halides is 3. The molecule has 20 heavy (non-hydrogen) atoms. The minimum Gasteiger partial charge on any atom is -0.381 e. The number of benzene rings is 1. The van der Waals surface area contributed by atoms with E-state index in [1.165, 1.54) is 15.8 Å². The van der Waals surface area contributed by atoms with Crippen LogP contribution in [0.5, 0.6) is 0 Å². The number of hydrogen-bond acceptors (Lipinski definition) is 2. The number of hydrogen-bond donors (Lipinski definition) is 1. The molecule has 2 aromatic rings. The van der Waals surface area contributed by atoms with Crippen LogP contribution < -0.4 is 5.32 Å². The topological polar surface area (TPSA) is 12.0 Å². The normalized spacial score (nSPS) is 11.7. The molecular formula is C14H13BrF3NS. The Kier molecular flexibility index (Phi) is 4.44. The molecule has 0 aliphatic carbocycles. The van der Waals surface area contributed by atoms with Crippen molar-refractivity contribution >= 4 is 33.0 Å². The monoisotopic (exact) mass is 363 g/mol. The van der Waals surface area contributed by atoms with Crippen LogP contribution in [-0.2, 0) is 12.7 Å². The van der Waals surface area contributed by atoms with Gasteiger partial charge >= 0.3 is 6.18 Å². The van der Waals surface area contributed by atoms with Gasteiger partial charge in [-0.05, 0) is 43.7 Å². The van der Waals surface area contributed by atoms with E-state index in [4.69, 9.17) is 0 Å². The molecule has 0 fully saturated rings. The highest BCUT2D eigenvalue weighted by Gasteiger charge is 2.33. The Morgan fingerprint density at radius 3 is 2.45 bits per heavy atom. The first-order valence-corrected chi connectivity index (χ1v) is 7.55. The quantitative estimate of drug-likeness (QED) is 0.730. The van der Waals surface area contributed by atoms with Crippen molar-refractivity contribution in [1.82, 2.24) is 0 Å². The molecule has 6 heteroatoms. The molecule has 1 heterocycles. The Morgan fingerprint density at radius 1 is 1.20 bits per heavy atom. The van der Waals surface area contributed by atoms with Gasteiger partial charge in [0.25, 0.3) is 0 Å². The molecule has 1 aromatic carbocycles. The van der Waals surface area contributed by atoms with E-state index >= 15 is 0 Å². The molecule has 1 aromatic heterocycles. The van der Waals surface area contributed by atoms with E-state index in [9.17, 15) is 13.2 Å². The van der Waals surface area contributed by atoms with Gasteiger partial charge in [0, 0.05) is 26.5 Å². The molecule has 0 atom stereocenters. The van der Waals surface area contributed by atoms with Crippen molar-refractivity contribution in [3.63, 3.8) is 0 Å². The van der Waals surface area contributed by atoms with Crippen molar-refractivity contribution in [3.8, 4) is 0 Å². The lowest BCUT2D eigenvalue weighted by molar-refractivity contribution is -0.138. The fourth-order valence-corrected chi connectivity index (χ4v) is 3.33. The molecule has 0 saturated heterocycles. The van der Waals surface area contributed by atoms with Crippen molar-refractivity contribution < 1.29 is 13.2 Å². The van der Waals surface area contributed by atoms with Crippen molar-refractivity contribution in [2.24, 2.45) is 0 Å². The molecule has 0 radical (unpaired) electrons. The van der Waals surface area contributed by atoms with Gasteiger partial charge in [-0.1, -0.05) is 15.9 Å². The largest absolute Gasteiger partial charge is 0.417 e. The Labute approximate surface area is 128 Å². The van der Waals surface area contributed by atoms with E-state index in [-0.39, 0.29) is 4.47 Å². The first kappa shape index (κ1) is 15.4. The number of nitrogens with one attached hydrogen (secondary N) is 1. The molecule has 1 nitrogen and oxygen atoms in total. The van der Waals surface area contributed by atoms with Crippen molar-refractivity contribution in [2.75, 3.05) is 5.32 Å². The molecule has 0 aliphatic heterocycles. The second-order valence-electron chi connectivity index (χ2n) is 4.48. The molecule has 0 amide bonds. The molecule has 0 saturated carbocycles. The number of rotatable bonds is 3. The number of aryl methyl sites for hydroxylation is 2. The summed E-state index contributed by atoms with van der Waals surface area (Å²) in [5.41, 5.74) is 0.911. The highest BCUT2D eigenvalue weighted by atomic mass is 79.9. The molecule has 0 bridgehead atoms. The smallest absolute Gasteiger partial charge is 0.381 e. The van der Waals surface area contributed by atoms with Crippen LogP contribution in [0.25, 0.3) is 0 Å². The Hall–Kier alpha value is -1.01. The predicted molar refractivity (Wildman–Crippen MR) is 80.3 cm³/mol. The van der Waals surface area contributed by atoms with Gasteiger partial charge in [-0.25, -0.2) is 0 Å². The second kappa shape index (κ2) is 5.77. The lowest BCUT2D eigenvalue weighted by atomic mass is 10.2. The van der Waals surface area contributed by atoms with Crippen molar-refractivity contribution in [2.45, 2.75) is 26.6 Å². The van der Waals surface area contributed by atoms with E-state index in [0.29, 0.717) is 12.2 Å². The van der Waals surface area contributed by atoms with Crippen LogP contribution in [0.2, 0.25) is 0 Å². The first-order valence-electron chi connectivity index (χ1n) is 5.94. The molecule has 1 N–H and O–H groups in total. The van der Waals surface area contributed by atoms with Gasteiger partial charge < -0.3 is 5.32 Å². The summed E-state index contributed by atoms with van der Waals surface area (Å²) in [4.78, 5) is 2.38. The highest BCUT2D eigenvalue weighted by Crippen LogP contribution is 2.36. The summed E-state index contributed by atoms with van der Waals surface area (Å²) in [7, 11) is 0. The standard InChI is InChI=1S/C14H13BrF3NS/c1-8-5-10(9(2)20-8)7-19-11-3-4-13(15)12(6-11)14(16,17)18/h3-6,19H,7H2,1-2H3.